The molecule has 0 atom stereocenters. The smallest absolute Gasteiger partial charge is 0.236 e. The Kier molecular flexibility index (Phi) is 6.47. The van der Waals surface area contributed by atoms with Gasteiger partial charge in [-0.3, -0.25) is 10.1 Å². The molecule has 1 N–H and O–H groups in total. The number of thioether (sulfide) groups is 1. The topological polar surface area (TPSA) is 104 Å². The van der Waals surface area contributed by atoms with Gasteiger partial charge in [0.1, 0.15) is 11.6 Å². The van der Waals surface area contributed by atoms with Gasteiger partial charge in [0.05, 0.1) is 12.9 Å². The van der Waals surface area contributed by atoms with Gasteiger partial charge >= 0.3 is 0 Å². The van der Waals surface area contributed by atoms with E-state index >= 15 is 0 Å². The monoisotopic (exact) mass is 420 g/mol. The first-order chi connectivity index (χ1) is 13.5. The summed E-state index contributed by atoms with van der Waals surface area (Å²) in [6.45, 7) is 4.05. The van der Waals surface area contributed by atoms with E-state index in [0.717, 1.165) is 10.6 Å². The van der Waals surface area contributed by atoms with E-state index < -0.39 is 0 Å². The molecule has 0 unspecified atom stereocenters. The van der Waals surface area contributed by atoms with Gasteiger partial charge < -0.3 is 14.0 Å². The van der Waals surface area contributed by atoms with E-state index in [9.17, 15) is 4.79 Å². The zero-order valence-corrected chi connectivity index (χ0v) is 17.6. The molecule has 0 fully saturated rings. The number of aromatic nitrogens is 5. The van der Waals surface area contributed by atoms with E-state index in [1.165, 1.54) is 23.1 Å². The van der Waals surface area contributed by atoms with Crippen LogP contribution in [0.25, 0.3) is 0 Å². The van der Waals surface area contributed by atoms with E-state index in [2.05, 4.69) is 25.7 Å². The van der Waals surface area contributed by atoms with Gasteiger partial charge in [0.15, 0.2) is 22.5 Å². The minimum absolute atomic E-state index is 0.175. The molecule has 3 rings (SSSR count). The van der Waals surface area contributed by atoms with Crippen LogP contribution in [0.2, 0.25) is 0 Å². The average Bonchev–Trinajstić information content (AvgIpc) is 3.24. The van der Waals surface area contributed by atoms with Crippen molar-refractivity contribution >= 4 is 34.1 Å². The molecule has 0 aliphatic carbocycles. The van der Waals surface area contributed by atoms with Crippen LogP contribution in [0, 0.1) is 13.8 Å². The molecule has 2 heterocycles. The third-order valence-electron chi connectivity index (χ3n) is 3.71. The van der Waals surface area contributed by atoms with Crippen molar-refractivity contribution in [3.8, 4) is 11.5 Å². The first kappa shape index (κ1) is 20.1. The lowest BCUT2D eigenvalue weighted by Crippen LogP contribution is -2.14. The fourth-order valence-electron chi connectivity index (χ4n) is 2.27. The van der Waals surface area contributed by atoms with E-state index in [0.29, 0.717) is 27.6 Å². The number of ether oxygens (including phenoxy) is 2. The quantitative estimate of drug-likeness (QED) is 0.555. The van der Waals surface area contributed by atoms with Crippen LogP contribution in [0.3, 0.4) is 0 Å². The van der Waals surface area contributed by atoms with E-state index in [1.807, 2.05) is 39.1 Å². The molecule has 0 saturated carbocycles. The van der Waals surface area contributed by atoms with Gasteiger partial charge in [-0.15, -0.1) is 20.4 Å². The standard InChI is InChI=1S/C17H20N6O3S2/c1-10-5-6-12(13(7-10)25-4)26-8-14-20-22-17(23(14)3)27-9-15(24)18-16-21-19-11(2)28-16/h5-7H,8-9H2,1-4H3,(H,18,21,24). The van der Waals surface area contributed by atoms with Gasteiger partial charge in [-0.1, -0.05) is 29.2 Å². The predicted octanol–water partition coefficient (Wildman–Crippen LogP) is 2.60. The van der Waals surface area contributed by atoms with Crippen molar-refractivity contribution in [1.82, 2.24) is 25.0 Å². The second-order valence-corrected chi connectivity index (χ2v) is 7.99. The fourth-order valence-corrected chi connectivity index (χ4v) is 3.60. The first-order valence-corrected chi connectivity index (χ1v) is 10.1. The second-order valence-electron chi connectivity index (χ2n) is 5.86. The van der Waals surface area contributed by atoms with Gasteiger partial charge in [0.25, 0.3) is 0 Å². The highest BCUT2D eigenvalue weighted by Gasteiger charge is 2.14. The van der Waals surface area contributed by atoms with Crippen LogP contribution in [0.5, 0.6) is 11.5 Å². The van der Waals surface area contributed by atoms with Crippen LogP contribution in [0.4, 0.5) is 5.13 Å². The molecule has 0 radical (unpaired) electrons. The normalized spacial score (nSPS) is 10.7. The van der Waals surface area contributed by atoms with Gasteiger partial charge in [0, 0.05) is 7.05 Å². The molecule has 148 valence electrons. The van der Waals surface area contributed by atoms with Crippen molar-refractivity contribution in [3.63, 3.8) is 0 Å². The predicted molar refractivity (Wildman–Crippen MR) is 107 cm³/mol. The zero-order chi connectivity index (χ0) is 20.1. The number of methoxy groups -OCH3 is 1. The maximum Gasteiger partial charge on any atom is 0.236 e. The molecule has 0 aliphatic rings. The molecule has 3 aromatic rings. The van der Waals surface area contributed by atoms with E-state index in [1.54, 1.807) is 11.7 Å². The van der Waals surface area contributed by atoms with E-state index in [-0.39, 0.29) is 18.3 Å². The second kappa shape index (κ2) is 9.02. The summed E-state index contributed by atoms with van der Waals surface area (Å²) in [4.78, 5) is 12.0. The van der Waals surface area contributed by atoms with Crippen molar-refractivity contribution in [2.75, 3.05) is 18.2 Å². The number of anilines is 1. The molecule has 0 saturated heterocycles. The Hall–Kier alpha value is -2.66. The summed E-state index contributed by atoms with van der Waals surface area (Å²) in [5, 5.41) is 20.6. The summed E-state index contributed by atoms with van der Waals surface area (Å²) in [5.74, 6) is 1.96. The van der Waals surface area contributed by atoms with Crippen molar-refractivity contribution in [2.24, 2.45) is 7.05 Å². The third kappa shape index (κ3) is 4.98. The van der Waals surface area contributed by atoms with Gasteiger partial charge in [-0.2, -0.15) is 0 Å². The Bertz CT molecular complexity index is 972. The highest BCUT2D eigenvalue weighted by molar-refractivity contribution is 7.99. The summed E-state index contributed by atoms with van der Waals surface area (Å²) >= 11 is 2.62. The number of nitrogens with one attached hydrogen (secondary N) is 1. The van der Waals surface area contributed by atoms with Crippen molar-refractivity contribution < 1.29 is 14.3 Å². The minimum atomic E-state index is -0.175. The highest BCUT2D eigenvalue weighted by atomic mass is 32.2. The lowest BCUT2D eigenvalue weighted by atomic mass is 10.2. The molecule has 0 bridgehead atoms. The molecule has 2 aromatic heterocycles. The molecule has 9 nitrogen and oxygen atoms in total. The molecule has 28 heavy (non-hydrogen) atoms. The van der Waals surface area contributed by atoms with Crippen LogP contribution in [0.15, 0.2) is 23.4 Å². The SMILES string of the molecule is COc1cc(C)ccc1OCc1nnc(SCC(=O)Nc2nnc(C)s2)n1C. The van der Waals surface area contributed by atoms with Crippen LogP contribution in [0.1, 0.15) is 16.4 Å². The largest absolute Gasteiger partial charge is 0.493 e. The summed E-state index contributed by atoms with van der Waals surface area (Å²) < 4.78 is 13.0. The highest BCUT2D eigenvalue weighted by Crippen LogP contribution is 2.28. The molecule has 0 aliphatic heterocycles. The maximum atomic E-state index is 12.0. The van der Waals surface area contributed by atoms with Crippen molar-refractivity contribution in [2.45, 2.75) is 25.6 Å². The Morgan fingerprint density at radius 1 is 1.21 bits per heavy atom. The van der Waals surface area contributed by atoms with Crippen LogP contribution < -0.4 is 14.8 Å². The molecule has 0 spiro atoms. The Morgan fingerprint density at radius 2 is 2.04 bits per heavy atom. The van der Waals surface area contributed by atoms with E-state index in [4.69, 9.17) is 9.47 Å². The first-order valence-electron chi connectivity index (χ1n) is 8.34. The van der Waals surface area contributed by atoms with Gasteiger partial charge in [0.2, 0.25) is 11.0 Å². The number of nitrogens with zero attached hydrogens (tertiary/aromatic N) is 5. The maximum absolute atomic E-state index is 12.0. The number of rotatable bonds is 8. The average molecular weight is 421 g/mol. The summed E-state index contributed by atoms with van der Waals surface area (Å²) in [6.07, 6.45) is 0. The number of carbonyl (C=O) groups is 1. The van der Waals surface area contributed by atoms with Crippen LogP contribution in [-0.4, -0.2) is 43.7 Å². The summed E-state index contributed by atoms with van der Waals surface area (Å²) in [5.41, 5.74) is 1.09. The molecular formula is C17H20N6O3S2. The Labute approximate surface area is 170 Å². The number of hydrogen-bond acceptors (Lipinski definition) is 9. The van der Waals surface area contributed by atoms with Gasteiger partial charge in [-0.05, 0) is 31.5 Å². The third-order valence-corrected chi connectivity index (χ3v) is 5.48. The number of benzene rings is 1. The number of aryl methyl sites for hydroxylation is 2. The van der Waals surface area contributed by atoms with Crippen molar-refractivity contribution in [1.29, 1.82) is 0 Å². The molecular weight excluding hydrogens is 400 g/mol. The zero-order valence-electron chi connectivity index (χ0n) is 15.9. The Morgan fingerprint density at radius 3 is 2.75 bits per heavy atom. The Balaban J connectivity index is 1.55. The summed E-state index contributed by atoms with van der Waals surface area (Å²) in [6, 6.07) is 5.72. The van der Waals surface area contributed by atoms with Gasteiger partial charge in [-0.25, -0.2) is 0 Å². The number of amides is 1. The lowest BCUT2D eigenvalue weighted by molar-refractivity contribution is -0.113. The van der Waals surface area contributed by atoms with Crippen LogP contribution >= 0.6 is 23.1 Å². The number of carbonyl (C=O) groups excluding carboxylic acids is 1. The molecule has 1 amide bonds. The lowest BCUT2D eigenvalue weighted by Gasteiger charge is -2.11. The fraction of sp³-hybridized carbons (Fsp3) is 0.353. The summed E-state index contributed by atoms with van der Waals surface area (Å²) in [7, 11) is 3.44. The number of hydrogen-bond donors (Lipinski definition) is 1. The minimum Gasteiger partial charge on any atom is -0.493 e. The molecule has 11 heteroatoms. The molecule has 1 aromatic carbocycles. The van der Waals surface area contributed by atoms with Crippen LogP contribution in [-0.2, 0) is 18.4 Å². The van der Waals surface area contributed by atoms with Crippen molar-refractivity contribution in [3.05, 3.63) is 34.6 Å².